The molecule has 0 unspecified atom stereocenters. The molecule has 0 fully saturated rings. The number of fused-ring (bicyclic) bond motifs is 28. The minimum atomic E-state index is -0.178. The van der Waals surface area contributed by atoms with Crippen molar-refractivity contribution in [2.45, 2.75) is 116 Å². The Morgan fingerprint density at radius 2 is 0.338 bits per heavy atom. The fourth-order valence-electron chi connectivity index (χ4n) is 26.4. The molecule has 3 heteroatoms. The maximum Gasteiger partial charge on any atom is 0.0503 e. The van der Waals surface area contributed by atoms with E-state index in [1.807, 2.05) is 0 Å². The summed E-state index contributed by atoms with van der Waals surface area (Å²) in [7, 11) is 0. The van der Waals surface area contributed by atoms with Crippen LogP contribution in [0.5, 0.6) is 0 Å². The van der Waals surface area contributed by atoms with E-state index in [0.717, 1.165) is 0 Å². The smallest absolute Gasteiger partial charge is 0.0503 e. The number of rotatable bonds is 7. The number of hydrogen-bond acceptors (Lipinski definition) is 3. The highest BCUT2D eigenvalue weighted by Crippen LogP contribution is 2.62. The van der Waals surface area contributed by atoms with E-state index in [1.165, 1.54) is 271 Å². The summed E-state index contributed by atoms with van der Waals surface area (Å²) in [5.74, 6) is 0. The van der Waals surface area contributed by atoms with Gasteiger partial charge >= 0.3 is 0 Å². The Morgan fingerprint density at radius 1 is 0.124 bits per heavy atom. The molecule has 6 aliphatic rings. The first kappa shape index (κ1) is 87.3. The molecule has 23 aromatic rings. The van der Waals surface area contributed by atoms with Crippen LogP contribution < -0.4 is 14.7 Å². The summed E-state index contributed by atoms with van der Waals surface area (Å²) >= 11 is 0. The summed E-state index contributed by atoms with van der Waals surface area (Å²) in [6.07, 6.45) is 0. The van der Waals surface area contributed by atoms with Gasteiger partial charge in [-0.15, -0.1) is 0 Å². The minimum absolute atomic E-state index is 0.0424. The molecular formula is C142H111N3. The first-order valence-corrected chi connectivity index (χ1v) is 51.6. The molecule has 29 rings (SSSR count). The molecule has 0 aromatic heterocycles. The van der Waals surface area contributed by atoms with Gasteiger partial charge in [-0.2, -0.15) is 0 Å². The SMILES string of the molecule is CC1(C)c2ccccc2-c2ccc(N3c4ccccc4C(C)(C)c4cc(-c5ccc(-c6ccc7c8ccccc8c8ccccc8c7c6)cc5)ccc43)cc21.CC1(C)c2ccccc2-c2ccc(N3c4ccccc4C(C)(C)c4cc(-c5ccc6c7ccccc7c7ccccc7c6c5)ccc43)cc21.CC1(C)c2ccccc2-c2ccc(N3c4ccccc4C(C)(C)c4cc(-c5ccc6ccccc6c5)ccc43)cc21. The molecule has 23 aromatic carbocycles. The Balaban J connectivity index is 0.000000109. The normalized spacial score (nSPS) is 15.2. The molecule has 3 nitrogen and oxygen atoms in total. The van der Waals surface area contributed by atoms with Crippen molar-refractivity contribution in [3.63, 3.8) is 0 Å². The Labute approximate surface area is 850 Å². The van der Waals surface area contributed by atoms with Crippen molar-refractivity contribution in [3.05, 3.63) is 522 Å². The molecule has 3 aliphatic carbocycles. The fraction of sp³-hybridized carbons (Fsp3) is 0.127. The highest BCUT2D eigenvalue weighted by atomic mass is 15.2. The average molecular weight is 1860 g/mol. The lowest BCUT2D eigenvalue weighted by molar-refractivity contribution is 0.631. The van der Waals surface area contributed by atoms with Crippen LogP contribution in [0.4, 0.5) is 51.2 Å². The predicted molar refractivity (Wildman–Crippen MR) is 617 cm³/mol. The van der Waals surface area contributed by atoms with Crippen LogP contribution in [0.3, 0.4) is 0 Å². The third kappa shape index (κ3) is 13.3. The van der Waals surface area contributed by atoms with Gasteiger partial charge in [0.2, 0.25) is 0 Å². The van der Waals surface area contributed by atoms with E-state index in [2.05, 4.69) is 553 Å². The summed E-state index contributed by atoms with van der Waals surface area (Å²) in [5.41, 5.74) is 45.0. The van der Waals surface area contributed by atoms with Gasteiger partial charge in [-0.1, -0.05) is 429 Å². The van der Waals surface area contributed by atoms with Crippen LogP contribution in [-0.2, 0) is 32.5 Å². The van der Waals surface area contributed by atoms with E-state index in [1.54, 1.807) is 0 Å². The highest BCUT2D eigenvalue weighted by molar-refractivity contribution is 6.27. The van der Waals surface area contributed by atoms with Crippen molar-refractivity contribution in [1.82, 2.24) is 0 Å². The van der Waals surface area contributed by atoms with Crippen molar-refractivity contribution < 1.29 is 0 Å². The zero-order chi connectivity index (χ0) is 98.1. The van der Waals surface area contributed by atoms with Gasteiger partial charge in [0.15, 0.2) is 0 Å². The topological polar surface area (TPSA) is 9.72 Å². The summed E-state index contributed by atoms with van der Waals surface area (Å²) in [6, 6.07) is 170. The minimum Gasteiger partial charge on any atom is -0.310 e. The Hall–Kier alpha value is -16.7. The third-order valence-electron chi connectivity index (χ3n) is 34.1. The van der Waals surface area contributed by atoms with Gasteiger partial charge in [-0.25, -0.2) is 0 Å². The van der Waals surface area contributed by atoms with Crippen molar-refractivity contribution in [1.29, 1.82) is 0 Å². The van der Waals surface area contributed by atoms with E-state index >= 15 is 0 Å². The number of para-hydroxylation sites is 3. The monoisotopic (exact) mass is 1860 g/mol. The van der Waals surface area contributed by atoms with Gasteiger partial charge in [0, 0.05) is 49.6 Å². The van der Waals surface area contributed by atoms with Crippen molar-refractivity contribution in [2.24, 2.45) is 0 Å². The largest absolute Gasteiger partial charge is 0.310 e. The molecule has 0 saturated heterocycles. The van der Waals surface area contributed by atoms with Gasteiger partial charge < -0.3 is 14.7 Å². The van der Waals surface area contributed by atoms with Crippen LogP contribution in [0.25, 0.3) is 153 Å². The average Bonchev–Trinajstić information content (AvgIpc) is 1.45. The summed E-state index contributed by atoms with van der Waals surface area (Å²) in [6.45, 7) is 28.4. The van der Waals surface area contributed by atoms with Crippen molar-refractivity contribution in [3.8, 4) is 77.9 Å². The first-order valence-electron chi connectivity index (χ1n) is 51.6. The molecule has 0 N–H and O–H groups in total. The molecule has 0 radical (unpaired) electrons. The molecule has 694 valence electrons. The summed E-state index contributed by atoms with van der Waals surface area (Å²) in [5, 5.41) is 18.2. The van der Waals surface area contributed by atoms with Crippen LogP contribution in [0.1, 0.15) is 150 Å². The van der Waals surface area contributed by atoms with E-state index < -0.39 is 0 Å². The lowest BCUT2D eigenvalue weighted by atomic mass is 9.72. The third-order valence-corrected chi connectivity index (χ3v) is 34.1. The second-order valence-corrected chi connectivity index (χ2v) is 44.2. The molecule has 0 amide bonds. The predicted octanol–water partition coefficient (Wildman–Crippen LogP) is 39.0. The number of hydrogen-bond donors (Lipinski definition) is 0. The van der Waals surface area contributed by atoms with Crippen molar-refractivity contribution >= 4 is 127 Å². The highest BCUT2D eigenvalue weighted by Gasteiger charge is 2.45. The van der Waals surface area contributed by atoms with Gasteiger partial charge in [0.1, 0.15) is 0 Å². The second-order valence-electron chi connectivity index (χ2n) is 44.2. The van der Waals surface area contributed by atoms with Crippen LogP contribution in [-0.4, -0.2) is 0 Å². The maximum atomic E-state index is 2.50. The molecule has 0 bridgehead atoms. The van der Waals surface area contributed by atoms with Gasteiger partial charge in [-0.3, -0.25) is 0 Å². The van der Waals surface area contributed by atoms with Crippen LogP contribution in [0.15, 0.2) is 455 Å². The molecule has 0 saturated carbocycles. The Bertz CT molecular complexity index is 9340. The second kappa shape index (κ2) is 32.4. The number of nitrogens with zero attached hydrogens (tertiary/aromatic N) is 3. The molecular weight excluding hydrogens is 1750 g/mol. The van der Waals surface area contributed by atoms with Crippen LogP contribution >= 0.6 is 0 Å². The van der Waals surface area contributed by atoms with Crippen LogP contribution in [0, 0.1) is 0 Å². The van der Waals surface area contributed by atoms with E-state index in [4.69, 9.17) is 0 Å². The fourth-order valence-corrected chi connectivity index (χ4v) is 26.4. The molecule has 145 heavy (non-hydrogen) atoms. The quantitative estimate of drug-likeness (QED) is 0.147. The lowest BCUT2D eigenvalue weighted by Crippen LogP contribution is -2.30. The van der Waals surface area contributed by atoms with Gasteiger partial charge in [0.05, 0.1) is 34.1 Å². The zero-order valence-electron chi connectivity index (χ0n) is 84.1. The molecule has 3 aliphatic heterocycles. The van der Waals surface area contributed by atoms with E-state index in [-0.39, 0.29) is 32.5 Å². The number of benzene rings is 23. The van der Waals surface area contributed by atoms with Crippen molar-refractivity contribution in [2.75, 3.05) is 14.7 Å². The molecule has 0 spiro atoms. The van der Waals surface area contributed by atoms with Gasteiger partial charge in [-0.05, 0) is 329 Å². The van der Waals surface area contributed by atoms with E-state index in [9.17, 15) is 0 Å². The lowest BCUT2D eigenvalue weighted by Gasteiger charge is -2.42. The number of anilines is 9. The Morgan fingerprint density at radius 3 is 0.676 bits per heavy atom. The standard InChI is InChI=1S/C54H41N.C48H37N.C40H33N/c1-53(2)47-18-10-9-17-44(47)45-29-27-38(33-49(45)53)55-51-20-12-11-19-48(51)54(3,4)50-32-37(26-30-52(50)55)35-23-21-34(22-24-35)36-25-28-43-41-15-6-5-13-39(41)40-14-7-8-16-42(40)46(43)31-36;1-47(2)41-18-10-9-17-38(41)39-25-23-32(29-43(39)47)49-45-20-12-11-19-42(45)48(3,4)44-28-31(22-26-46(44)49)30-21-24-37-35-15-6-5-13-33(35)34-14-7-8-16-36(34)40(37)27-30;1-39(2)33-14-8-7-13-31(33)32-21-20-30(25-35(32)39)41-37-16-10-9-15-34(37)40(3,4)36-24-29(19-22-38(36)41)28-18-17-26-11-5-6-12-27(26)23-28/h5-33H,1-4H3;5-29H,1-4H3;5-25H,1-4H3. The summed E-state index contributed by atoms with van der Waals surface area (Å²) < 4.78 is 0. The Kier molecular flexibility index (Phi) is 19.5. The molecule has 3 heterocycles. The maximum absolute atomic E-state index is 2.50. The van der Waals surface area contributed by atoms with Gasteiger partial charge in [0.25, 0.3) is 0 Å². The zero-order valence-corrected chi connectivity index (χ0v) is 84.1. The first-order chi connectivity index (χ1) is 70.4. The molecule has 0 atom stereocenters. The van der Waals surface area contributed by atoms with Crippen LogP contribution in [0.2, 0.25) is 0 Å². The summed E-state index contributed by atoms with van der Waals surface area (Å²) in [4.78, 5) is 7.48. The van der Waals surface area contributed by atoms with E-state index in [0.29, 0.717) is 0 Å².